The second kappa shape index (κ2) is 8.24. The zero-order valence-corrected chi connectivity index (χ0v) is 16.0. The molecule has 0 spiro atoms. The van der Waals surface area contributed by atoms with Crippen LogP contribution in [0.1, 0.15) is 19.8 Å². The van der Waals surface area contributed by atoms with Crippen LogP contribution in [0.2, 0.25) is 5.02 Å². The van der Waals surface area contributed by atoms with Crippen LogP contribution in [0.3, 0.4) is 0 Å². The Morgan fingerprint density at radius 3 is 2.63 bits per heavy atom. The lowest BCUT2D eigenvalue weighted by molar-refractivity contribution is -0.166. The lowest BCUT2D eigenvalue weighted by Crippen LogP contribution is -2.62. The molecular formula is C18H23ClN4O4. The maximum absolute atomic E-state index is 12.9. The standard InChI is InChI=1S/C18H23ClN4O4/c1-10(20-2)16(24)22-13-9-27-15-8-7-14(23(15)18(13)26)17(25)21-12-5-3-11(19)4-6-12/h3-6,10,13-15,20H,7-9H2,1-2H3,(H,21,25)(H,22,24)/t10-,13-,14?,15-/m0/s1. The van der Waals surface area contributed by atoms with E-state index in [1.54, 1.807) is 38.2 Å². The Labute approximate surface area is 162 Å². The van der Waals surface area contributed by atoms with Gasteiger partial charge in [0.25, 0.3) is 0 Å². The van der Waals surface area contributed by atoms with E-state index in [9.17, 15) is 14.4 Å². The van der Waals surface area contributed by atoms with Crippen molar-refractivity contribution in [3.63, 3.8) is 0 Å². The Balaban J connectivity index is 1.68. The number of benzene rings is 1. The van der Waals surface area contributed by atoms with Crippen LogP contribution in [0.15, 0.2) is 24.3 Å². The van der Waals surface area contributed by atoms with Crippen molar-refractivity contribution in [2.45, 2.75) is 44.1 Å². The molecule has 2 heterocycles. The van der Waals surface area contributed by atoms with Gasteiger partial charge in [-0.05, 0) is 51.1 Å². The first-order chi connectivity index (χ1) is 12.9. The third kappa shape index (κ3) is 4.23. The van der Waals surface area contributed by atoms with E-state index in [0.29, 0.717) is 23.6 Å². The van der Waals surface area contributed by atoms with Crippen LogP contribution in [-0.4, -0.2) is 60.6 Å². The number of likely N-dealkylation sites (N-methyl/N-ethyl adjacent to an activating group) is 1. The van der Waals surface area contributed by atoms with E-state index in [1.807, 2.05) is 0 Å². The first-order valence-corrected chi connectivity index (χ1v) is 9.26. The molecule has 0 radical (unpaired) electrons. The number of nitrogens with zero attached hydrogens (tertiary/aromatic N) is 1. The van der Waals surface area contributed by atoms with E-state index < -0.39 is 24.4 Å². The van der Waals surface area contributed by atoms with Crippen molar-refractivity contribution in [1.29, 1.82) is 0 Å². The van der Waals surface area contributed by atoms with Crippen molar-refractivity contribution in [2.75, 3.05) is 19.0 Å². The number of hydrogen-bond donors (Lipinski definition) is 3. The zero-order valence-electron chi connectivity index (χ0n) is 15.2. The van der Waals surface area contributed by atoms with E-state index in [4.69, 9.17) is 16.3 Å². The van der Waals surface area contributed by atoms with Crippen molar-refractivity contribution in [3.8, 4) is 0 Å². The molecule has 0 aliphatic carbocycles. The summed E-state index contributed by atoms with van der Waals surface area (Å²) in [6.45, 7) is 1.80. The molecule has 1 aromatic rings. The molecule has 1 aromatic carbocycles. The highest BCUT2D eigenvalue weighted by atomic mass is 35.5. The Bertz CT molecular complexity index is 727. The maximum atomic E-state index is 12.9. The minimum Gasteiger partial charge on any atom is -0.356 e. The Morgan fingerprint density at radius 1 is 1.26 bits per heavy atom. The fourth-order valence-corrected chi connectivity index (χ4v) is 3.37. The summed E-state index contributed by atoms with van der Waals surface area (Å²) in [4.78, 5) is 39.1. The van der Waals surface area contributed by atoms with Gasteiger partial charge in [0.2, 0.25) is 17.7 Å². The minimum atomic E-state index is -0.798. The molecule has 0 bridgehead atoms. The summed E-state index contributed by atoms with van der Waals surface area (Å²) < 4.78 is 5.72. The SMILES string of the molecule is CN[C@@H](C)C(=O)N[C@H]1CO[C@H]2CCC(C(=O)Nc3ccc(Cl)cc3)N2C1=O. The molecule has 3 N–H and O–H groups in total. The number of anilines is 1. The number of halogens is 1. The smallest absolute Gasteiger partial charge is 0.250 e. The topological polar surface area (TPSA) is 99.8 Å². The second-order valence-electron chi connectivity index (χ2n) is 6.69. The van der Waals surface area contributed by atoms with Crippen molar-refractivity contribution < 1.29 is 19.1 Å². The predicted octanol–water partition coefficient (Wildman–Crippen LogP) is 0.718. The van der Waals surface area contributed by atoms with Crippen LogP contribution in [0.4, 0.5) is 5.69 Å². The number of hydrogen-bond acceptors (Lipinski definition) is 5. The molecule has 0 aromatic heterocycles. The summed E-state index contributed by atoms with van der Waals surface area (Å²) in [5, 5.41) is 8.88. The van der Waals surface area contributed by atoms with Gasteiger partial charge in [0.05, 0.1) is 12.6 Å². The average molecular weight is 395 g/mol. The third-order valence-corrected chi connectivity index (χ3v) is 5.15. The number of amides is 3. The fourth-order valence-electron chi connectivity index (χ4n) is 3.24. The monoisotopic (exact) mass is 394 g/mol. The van der Waals surface area contributed by atoms with Gasteiger partial charge in [0.15, 0.2) is 0 Å². The van der Waals surface area contributed by atoms with Crippen molar-refractivity contribution in [1.82, 2.24) is 15.5 Å². The molecule has 9 heteroatoms. The Hall–Kier alpha value is -2.16. The highest BCUT2D eigenvalue weighted by molar-refractivity contribution is 6.30. The molecule has 3 rings (SSSR count). The highest BCUT2D eigenvalue weighted by Crippen LogP contribution is 2.30. The summed E-state index contributed by atoms with van der Waals surface area (Å²) in [5.74, 6) is -0.872. The molecule has 2 aliphatic rings. The average Bonchev–Trinajstić information content (AvgIpc) is 3.10. The van der Waals surface area contributed by atoms with E-state index in [0.717, 1.165) is 0 Å². The summed E-state index contributed by atoms with van der Waals surface area (Å²) in [6, 6.07) is 4.88. The number of ether oxygens (including phenoxy) is 1. The number of nitrogens with one attached hydrogen (secondary N) is 3. The van der Waals surface area contributed by atoms with E-state index in [-0.39, 0.29) is 24.3 Å². The summed E-state index contributed by atoms with van der Waals surface area (Å²) in [6.07, 6.45) is 0.648. The van der Waals surface area contributed by atoms with Crippen molar-refractivity contribution in [3.05, 3.63) is 29.3 Å². The first kappa shape index (κ1) is 19.6. The number of rotatable bonds is 5. The summed E-state index contributed by atoms with van der Waals surface area (Å²) >= 11 is 5.85. The molecule has 2 saturated heterocycles. The van der Waals surface area contributed by atoms with Gasteiger partial charge in [-0.25, -0.2) is 0 Å². The third-order valence-electron chi connectivity index (χ3n) is 4.90. The lowest BCUT2D eigenvalue weighted by atomic mass is 10.1. The summed E-state index contributed by atoms with van der Waals surface area (Å²) in [5.41, 5.74) is 0.603. The van der Waals surface area contributed by atoms with Gasteiger partial charge in [-0.2, -0.15) is 0 Å². The predicted molar refractivity (Wildman–Crippen MR) is 100 cm³/mol. The van der Waals surface area contributed by atoms with Gasteiger partial charge in [-0.15, -0.1) is 0 Å². The molecule has 1 unspecified atom stereocenters. The van der Waals surface area contributed by atoms with Crippen molar-refractivity contribution >= 4 is 35.0 Å². The van der Waals surface area contributed by atoms with Crippen molar-refractivity contribution in [2.24, 2.45) is 0 Å². The van der Waals surface area contributed by atoms with Crippen LogP contribution < -0.4 is 16.0 Å². The molecule has 146 valence electrons. The zero-order chi connectivity index (χ0) is 19.6. The van der Waals surface area contributed by atoms with E-state index in [2.05, 4.69) is 16.0 Å². The van der Waals surface area contributed by atoms with E-state index >= 15 is 0 Å². The Kier molecular flexibility index (Phi) is 5.98. The van der Waals surface area contributed by atoms with Crippen LogP contribution >= 0.6 is 11.6 Å². The van der Waals surface area contributed by atoms with Crippen LogP contribution in [0.5, 0.6) is 0 Å². The highest BCUT2D eigenvalue weighted by Gasteiger charge is 2.47. The molecule has 2 fully saturated rings. The van der Waals surface area contributed by atoms with Crippen LogP contribution in [-0.2, 0) is 19.1 Å². The molecule has 2 aliphatic heterocycles. The van der Waals surface area contributed by atoms with E-state index in [1.165, 1.54) is 4.90 Å². The molecule has 4 atom stereocenters. The number of carbonyl (C=O) groups is 3. The largest absolute Gasteiger partial charge is 0.356 e. The molecule has 0 saturated carbocycles. The van der Waals surface area contributed by atoms with Gasteiger partial charge in [-0.3, -0.25) is 14.4 Å². The lowest BCUT2D eigenvalue weighted by Gasteiger charge is -2.37. The molecule has 3 amide bonds. The number of carbonyl (C=O) groups excluding carboxylic acids is 3. The minimum absolute atomic E-state index is 0.105. The normalized spacial score (nSPS) is 25.7. The van der Waals surface area contributed by atoms with Gasteiger partial charge < -0.3 is 25.6 Å². The molecule has 27 heavy (non-hydrogen) atoms. The quantitative estimate of drug-likeness (QED) is 0.683. The van der Waals surface area contributed by atoms with Gasteiger partial charge in [-0.1, -0.05) is 11.6 Å². The first-order valence-electron chi connectivity index (χ1n) is 8.88. The number of fused-ring (bicyclic) bond motifs is 1. The molecule has 8 nitrogen and oxygen atoms in total. The maximum Gasteiger partial charge on any atom is 0.250 e. The van der Waals surface area contributed by atoms with Gasteiger partial charge in [0, 0.05) is 10.7 Å². The van der Waals surface area contributed by atoms with Gasteiger partial charge >= 0.3 is 0 Å². The fraction of sp³-hybridized carbons (Fsp3) is 0.500. The summed E-state index contributed by atoms with van der Waals surface area (Å²) in [7, 11) is 1.66. The molecular weight excluding hydrogens is 372 g/mol. The van der Waals surface area contributed by atoms with Crippen LogP contribution in [0.25, 0.3) is 0 Å². The van der Waals surface area contributed by atoms with Gasteiger partial charge in [0.1, 0.15) is 18.3 Å². The van der Waals surface area contributed by atoms with Crippen LogP contribution in [0, 0.1) is 0 Å². The second-order valence-corrected chi connectivity index (χ2v) is 7.13. The Morgan fingerprint density at radius 2 is 1.96 bits per heavy atom.